The SMILES string of the molecule is CCCCCCCCCCCCCCCCCCCCCCCCCCCCCCCCCCC(O)C(COP(=O)(O)OCC[N+](C)(C)C)NC(=O)CCCCCCCCCCCC. The first-order chi connectivity index (χ1) is 31.0. The predicted octanol–water partition coefficient (Wildman–Crippen LogP) is 16.9. The molecule has 0 aliphatic carbocycles. The summed E-state index contributed by atoms with van der Waals surface area (Å²) < 4.78 is 23.7. The number of likely N-dealkylation sites (N-methyl/N-ethyl adjacent to an activating group) is 1. The normalized spacial score (nSPS) is 13.9. The summed E-state index contributed by atoms with van der Waals surface area (Å²) in [4.78, 5) is 23.2. The Balaban J connectivity index is 3.91. The summed E-state index contributed by atoms with van der Waals surface area (Å²) in [6.45, 7) is 4.91. The minimum absolute atomic E-state index is 0.0787. The number of nitrogens with one attached hydrogen (secondary N) is 1. The van der Waals surface area contributed by atoms with E-state index in [0.29, 0.717) is 23.9 Å². The first-order valence-corrected chi connectivity index (χ1v) is 29.9. The van der Waals surface area contributed by atoms with E-state index in [0.717, 1.165) is 38.5 Å². The van der Waals surface area contributed by atoms with E-state index in [9.17, 15) is 19.4 Å². The van der Waals surface area contributed by atoms with E-state index < -0.39 is 20.0 Å². The van der Waals surface area contributed by atoms with Gasteiger partial charge in [0, 0.05) is 6.42 Å². The average molecular weight is 930 g/mol. The number of rotatable bonds is 53. The molecule has 0 radical (unpaired) electrons. The highest BCUT2D eigenvalue weighted by Crippen LogP contribution is 2.43. The van der Waals surface area contributed by atoms with Crippen LogP contribution in [0.2, 0.25) is 0 Å². The van der Waals surface area contributed by atoms with Crippen molar-refractivity contribution in [2.75, 3.05) is 40.9 Å². The zero-order valence-electron chi connectivity index (χ0n) is 43.8. The van der Waals surface area contributed by atoms with Crippen LogP contribution in [0, 0.1) is 0 Å². The van der Waals surface area contributed by atoms with Crippen molar-refractivity contribution in [2.45, 2.75) is 309 Å². The monoisotopic (exact) mass is 930 g/mol. The van der Waals surface area contributed by atoms with Crippen LogP contribution >= 0.6 is 7.82 Å². The third-order valence-electron chi connectivity index (χ3n) is 13.4. The van der Waals surface area contributed by atoms with E-state index >= 15 is 0 Å². The van der Waals surface area contributed by atoms with Gasteiger partial charge in [-0.1, -0.05) is 277 Å². The van der Waals surface area contributed by atoms with E-state index in [-0.39, 0.29) is 19.1 Å². The molecule has 0 saturated heterocycles. The molecular formula is C55H114N2O6P+. The van der Waals surface area contributed by atoms with Crippen molar-refractivity contribution in [3.8, 4) is 0 Å². The predicted molar refractivity (Wildman–Crippen MR) is 277 cm³/mol. The zero-order chi connectivity index (χ0) is 47.1. The van der Waals surface area contributed by atoms with Gasteiger partial charge in [-0.15, -0.1) is 0 Å². The summed E-state index contributed by atoms with van der Waals surface area (Å²) in [6, 6.07) is -0.753. The van der Waals surface area contributed by atoms with E-state index in [1.165, 1.54) is 231 Å². The van der Waals surface area contributed by atoms with Crippen LogP contribution in [0.4, 0.5) is 0 Å². The summed E-state index contributed by atoms with van der Waals surface area (Å²) in [7, 11) is 1.63. The van der Waals surface area contributed by atoms with Gasteiger partial charge in [0.05, 0.1) is 39.9 Å². The fraction of sp³-hybridized carbons (Fsp3) is 0.982. The van der Waals surface area contributed by atoms with Crippen molar-refractivity contribution >= 4 is 13.7 Å². The Bertz CT molecular complexity index is 1010. The highest BCUT2D eigenvalue weighted by Gasteiger charge is 2.28. The molecule has 64 heavy (non-hydrogen) atoms. The highest BCUT2D eigenvalue weighted by molar-refractivity contribution is 7.47. The lowest BCUT2D eigenvalue weighted by Crippen LogP contribution is -2.46. The van der Waals surface area contributed by atoms with Crippen molar-refractivity contribution in [2.24, 2.45) is 0 Å². The lowest BCUT2D eigenvalue weighted by molar-refractivity contribution is -0.870. The second-order valence-corrected chi connectivity index (χ2v) is 22.5. The fourth-order valence-electron chi connectivity index (χ4n) is 8.87. The van der Waals surface area contributed by atoms with Crippen LogP contribution in [0.25, 0.3) is 0 Å². The Morgan fingerprint density at radius 3 is 1.05 bits per heavy atom. The molecule has 0 saturated carbocycles. The molecule has 1 amide bonds. The minimum atomic E-state index is -4.31. The maximum Gasteiger partial charge on any atom is 0.472 e. The van der Waals surface area contributed by atoms with Crippen molar-refractivity contribution in [3.05, 3.63) is 0 Å². The van der Waals surface area contributed by atoms with Crippen molar-refractivity contribution in [1.29, 1.82) is 0 Å². The topological polar surface area (TPSA) is 105 Å². The Hall–Kier alpha value is -0.500. The lowest BCUT2D eigenvalue weighted by atomic mass is 10.0. The van der Waals surface area contributed by atoms with Gasteiger partial charge in [0.2, 0.25) is 5.91 Å². The first-order valence-electron chi connectivity index (χ1n) is 28.4. The third-order valence-corrected chi connectivity index (χ3v) is 14.3. The van der Waals surface area contributed by atoms with Crippen LogP contribution in [0.15, 0.2) is 0 Å². The van der Waals surface area contributed by atoms with Gasteiger partial charge < -0.3 is 19.8 Å². The number of phosphoric ester groups is 1. The second kappa shape index (κ2) is 47.6. The zero-order valence-corrected chi connectivity index (χ0v) is 44.7. The number of amides is 1. The average Bonchev–Trinajstić information content (AvgIpc) is 3.25. The number of carbonyl (C=O) groups excluding carboxylic acids is 1. The van der Waals surface area contributed by atoms with Gasteiger partial charge in [-0.05, 0) is 12.8 Å². The van der Waals surface area contributed by atoms with Crippen LogP contribution in [0.5, 0.6) is 0 Å². The molecule has 0 aromatic carbocycles. The van der Waals surface area contributed by atoms with Crippen LogP contribution in [-0.2, 0) is 18.4 Å². The molecule has 0 rings (SSSR count). The molecule has 0 aliphatic rings. The molecule has 0 aromatic heterocycles. The number of nitrogens with zero attached hydrogens (tertiary/aromatic N) is 1. The molecule has 0 spiro atoms. The standard InChI is InChI=1S/C55H113N2O6P/c1-6-8-10-12-14-16-18-19-20-21-22-23-24-25-26-27-28-29-30-31-32-33-34-35-36-37-38-39-40-42-44-46-48-54(58)53(52-63-64(60,61)62-51-50-57(3,4)5)56-55(59)49-47-45-43-41-17-15-13-11-9-7-2/h53-54,58H,6-52H2,1-5H3,(H-,56,59,60,61)/p+1. The molecule has 384 valence electrons. The highest BCUT2D eigenvalue weighted by atomic mass is 31.2. The van der Waals surface area contributed by atoms with Crippen LogP contribution in [-0.4, -0.2) is 73.4 Å². The first kappa shape index (κ1) is 63.5. The van der Waals surface area contributed by atoms with E-state index in [4.69, 9.17) is 9.05 Å². The molecule has 9 heteroatoms. The Morgan fingerprint density at radius 2 is 0.750 bits per heavy atom. The molecule has 8 nitrogen and oxygen atoms in total. The van der Waals surface area contributed by atoms with Gasteiger partial charge in [-0.3, -0.25) is 13.8 Å². The van der Waals surface area contributed by atoms with Crippen molar-refractivity contribution in [3.63, 3.8) is 0 Å². The Morgan fingerprint density at radius 1 is 0.469 bits per heavy atom. The maximum atomic E-state index is 12.9. The molecular weight excluding hydrogens is 816 g/mol. The van der Waals surface area contributed by atoms with Gasteiger partial charge in [-0.2, -0.15) is 0 Å². The van der Waals surface area contributed by atoms with Crippen LogP contribution in [0.3, 0.4) is 0 Å². The van der Waals surface area contributed by atoms with E-state index in [2.05, 4.69) is 19.2 Å². The largest absolute Gasteiger partial charge is 0.472 e. The molecule has 3 N–H and O–H groups in total. The number of hydrogen-bond donors (Lipinski definition) is 3. The second-order valence-electron chi connectivity index (χ2n) is 21.0. The molecule has 0 aromatic rings. The third kappa shape index (κ3) is 49.4. The molecule has 0 aliphatic heterocycles. The summed E-state index contributed by atoms with van der Waals surface area (Å²) in [5, 5.41) is 14.0. The van der Waals surface area contributed by atoms with E-state index in [1.807, 2.05) is 21.1 Å². The van der Waals surface area contributed by atoms with Gasteiger partial charge in [0.25, 0.3) is 0 Å². The number of quaternary nitrogens is 1. The number of aliphatic hydroxyl groups excluding tert-OH is 1. The Labute approximate surface area is 399 Å². The van der Waals surface area contributed by atoms with Gasteiger partial charge in [0.15, 0.2) is 0 Å². The Kier molecular flexibility index (Phi) is 47.2. The lowest BCUT2D eigenvalue weighted by Gasteiger charge is -2.26. The van der Waals surface area contributed by atoms with Crippen molar-refractivity contribution < 1.29 is 32.9 Å². The molecule has 3 unspecified atom stereocenters. The minimum Gasteiger partial charge on any atom is -0.391 e. The van der Waals surface area contributed by atoms with Crippen LogP contribution < -0.4 is 5.32 Å². The smallest absolute Gasteiger partial charge is 0.391 e. The van der Waals surface area contributed by atoms with Gasteiger partial charge in [-0.25, -0.2) is 4.57 Å². The number of phosphoric acid groups is 1. The molecule has 0 bridgehead atoms. The summed E-state index contributed by atoms with van der Waals surface area (Å²) >= 11 is 0. The molecule has 0 heterocycles. The quantitative estimate of drug-likeness (QED) is 0.0319. The van der Waals surface area contributed by atoms with Crippen molar-refractivity contribution in [1.82, 2.24) is 5.32 Å². The maximum absolute atomic E-state index is 12.9. The number of aliphatic hydroxyl groups is 1. The van der Waals surface area contributed by atoms with Crippen LogP contribution in [0.1, 0.15) is 296 Å². The number of unbranched alkanes of at least 4 members (excludes halogenated alkanes) is 40. The summed E-state index contributed by atoms with van der Waals surface area (Å²) in [5.41, 5.74) is 0. The van der Waals surface area contributed by atoms with E-state index in [1.54, 1.807) is 0 Å². The number of hydrogen-bond acceptors (Lipinski definition) is 5. The fourth-order valence-corrected chi connectivity index (χ4v) is 9.61. The number of carbonyl (C=O) groups is 1. The summed E-state index contributed by atoms with van der Waals surface area (Å²) in [6.07, 6.45) is 56.1. The molecule has 3 atom stereocenters. The van der Waals surface area contributed by atoms with Gasteiger partial charge >= 0.3 is 7.82 Å². The van der Waals surface area contributed by atoms with Gasteiger partial charge in [0.1, 0.15) is 13.2 Å². The molecule has 0 fully saturated rings. The summed E-state index contributed by atoms with van der Waals surface area (Å²) in [5.74, 6) is -0.142.